The van der Waals surface area contributed by atoms with Gasteiger partial charge in [0.05, 0.1) is 11.4 Å². The number of amides is 3. The molecule has 3 amide bonds. The number of primary amides is 1. The number of thioether (sulfide) groups is 1. The zero-order chi connectivity index (χ0) is 24.5. The molecule has 0 radical (unpaired) electrons. The van der Waals surface area contributed by atoms with E-state index in [2.05, 4.69) is 14.8 Å². The molecular weight excluding hydrogens is 456 g/mol. The zero-order valence-electron chi connectivity index (χ0n) is 20.1. The lowest BCUT2D eigenvalue weighted by atomic mass is 10.1. The third-order valence-electron chi connectivity index (χ3n) is 6.44. The largest absolute Gasteiger partial charge is 0.444 e. The minimum absolute atomic E-state index is 0.0238. The summed E-state index contributed by atoms with van der Waals surface area (Å²) in [5.74, 6) is 1.96. The maximum absolute atomic E-state index is 13.3. The molecule has 1 aromatic rings. The number of likely N-dealkylation sites (tertiary alicyclic amines) is 1. The molecule has 3 saturated heterocycles. The van der Waals surface area contributed by atoms with Gasteiger partial charge in [0.1, 0.15) is 17.5 Å². The van der Waals surface area contributed by atoms with Crippen molar-refractivity contribution < 1.29 is 19.1 Å². The summed E-state index contributed by atoms with van der Waals surface area (Å²) in [7, 11) is 0. The number of hydrogen-bond acceptors (Lipinski definition) is 8. The summed E-state index contributed by atoms with van der Waals surface area (Å²) in [4.78, 5) is 49.9. The fraction of sp³-hybridized carbons (Fsp3) is 0.652. The fourth-order valence-corrected chi connectivity index (χ4v) is 5.62. The van der Waals surface area contributed by atoms with Gasteiger partial charge < -0.3 is 20.3 Å². The molecule has 4 heterocycles. The molecule has 0 spiro atoms. The number of aromatic nitrogens is 1. The summed E-state index contributed by atoms with van der Waals surface area (Å²) < 4.78 is 5.64. The molecule has 0 aliphatic carbocycles. The monoisotopic (exact) mass is 490 g/mol. The average Bonchev–Trinajstić information content (AvgIpc) is 3.48. The molecule has 1 aromatic heterocycles. The number of ether oxygens (including phenoxy) is 1. The van der Waals surface area contributed by atoms with Crippen molar-refractivity contribution in [1.29, 1.82) is 0 Å². The number of anilines is 1. The van der Waals surface area contributed by atoms with E-state index in [0.717, 1.165) is 44.3 Å². The highest BCUT2D eigenvalue weighted by molar-refractivity contribution is 7.99. The molecule has 34 heavy (non-hydrogen) atoms. The molecule has 2 N–H and O–H groups in total. The van der Waals surface area contributed by atoms with E-state index in [4.69, 9.17) is 10.5 Å². The average molecular weight is 491 g/mol. The van der Waals surface area contributed by atoms with Crippen LogP contribution < -0.4 is 10.6 Å². The van der Waals surface area contributed by atoms with E-state index >= 15 is 0 Å². The second kappa shape index (κ2) is 9.99. The Morgan fingerprint density at radius 1 is 1.12 bits per heavy atom. The van der Waals surface area contributed by atoms with Crippen molar-refractivity contribution >= 4 is 35.5 Å². The number of piperazine rings is 1. The molecule has 2 atom stereocenters. The number of nitrogens with two attached hydrogens (primary N) is 1. The first-order chi connectivity index (χ1) is 16.1. The van der Waals surface area contributed by atoms with Gasteiger partial charge >= 0.3 is 6.09 Å². The van der Waals surface area contributed by atoms with Crippen molar-refractivity contribution in [3.05, 3.63) is 23.9 Å². The number of hydrogen-bond donors (Lipinski definition) is 1. The van der Waals surface area contributed by atoms with Crippen LogP contribution in [0, 0.1) is 0 Å². The van der Waals surface area contributed by atoms with Crippen molar-refractivity contribution in [1.82, 2.24) is 19.7 Å². The van der Waals surface area contributed by atoms with Gasteiger partial charge in [-0.15, -0.1) is 11.8 Å². The molecule has 3 aliphatic rings. The van der Waals surface area contributed by atoms with Crippen LogP contribution in [-0.4, -0.2) is 106 Å². The first-order valence-corrected chi connectivity index (χ1v) is 12.9. The van der Waals surface area contributed by atoms with E-state index < -0.39 is 23.6 Å². The van der Waals surface area contributed by atoms with Crippen molar-refractivity contribution in [3.8, 4) is 0 Å². The molecule has 10 nitrogen and oxygen atoms in total. The minimum atomic E-state index is -0.616. The SMILES string of the molecule is CC(C)(C)OC(=O)N1C[C@@H](N2CCN(c3ccc(C(N)=O)cn3)CC2)C[C@H]1C(=O)N1CCSC1. The topological polar surface area (TPSA) is 112 Å². The van der Waals surface area contributed by atoms with Crippen molar-refractivity contribution in [3.63, 3.8) is 0 Å². The van der Waals surface area contributed by atoms with Gasteiger partial charge in [-0.1, -0.05) is 0 Å². The molecule has 0 saturated carbocycles. The van der Waals surface area contributed by atoms with E-state index in [0.29, 0.717) is 24.4 Å². The molecule has 4 rings (SSSR count). The molecule has 0 unspecified atom stereocenters. The molecule has 0 aromatic carbocycles. The van der Waals surface area contributed by atoms with Gasteiger partial charge in [0.2, 0.25) is 11.8 Å². The number of carbonyl (C=O) groups excluding carboxylic acids is 3. The Balaban J connectivity index is 1.41. The summed E-state index contributed by atoms with van der Waals surface area (Å²) in [5, 5.41) is 0. The molecular formula is C23H34N6O4S. The number of rotatable bonds is 4. The Labute approximate surface area is 204 Å². The van der Waals surface area contributed by atoms with Gasteiger partial charge in [-0.05, 0) is 39.3 Å². The van der Waals surface area contributed by atoms with E-state index in [9.17, 15) is 14.4 Å². The van der Waals surface area contributed by atoms with Gasteiger partial charge in [-0.3, -0.25) is 19.4 Å². The highest BCUT2D eigenvalue weighted by Crippen LogP contribution is 2.29. The van der Waals surface area contributed by atoms with Gasteiger partial charge in [-0.25, -0.2) is 9.78 Å². The standard InChI is InChI=1S/C23H34N6O4S/c1-23(2,3)33-22(32)29-14-17(12-18(29)21(31)28-10-11-34-15-28)26-6-8-27(9-7-26)19-5-4-16(13-25-19)20(24)30/h4-5,13,17-18H,6-12,14-15H2,1-3H3,(H2,24,30)/t17-,18-/m0/s1. The summed E-state index contributed by atoms with van der Waals surface area (Å²) in [6.07, 6.45) is 1.70. The molecule has 0 bridgehead atoms. The molecule has 3 aliphatic heterocycles. The van der Waals surface area contributed by atoms with Gasteiger partial charge in [0, 0.05) is 57.3 Å². The summed E-state index contributed by atoms with van der Waals surface area (Å²) in [6.45, 7) is 9.88. The Morgan fingerprint density at radius 2 is 1.85 bits per heavy atom. The second-order valence-electron chi connectivity index (χ2n) is 9.97. The van der Waals surface area contributed by atoms with Gasteiger partial charge in [0.25, 0.3) is 0 Å². The molecule has 11 heteroatoms. The van der Waals surface area contributed by atoms with Crippen LogP contribution in [0.3, 0.4) is 0 Å². The second-order valence-corrected chi connectivity index (χ2v) is 11.0. The summed E-state index contributed by atoms with van der Waals surface area (Å²) >= 11 is 1.74. The van der Waals surface area contributed by atoms with Crippen molar-refractivity contribution in [2.75, 3.05) is 55.8 Å². The number of nitrogens with zero attached hydrogens (tertiary/aromatic N) is 5. The Hall–Kier alpha value is -2.53. The van der Waals surface area contributed by atoms with Crippen LogP contribution >= 0.6 is 11.8 Å². The summed E-state index contributed by atoms with van der Waals surface area (Å²) in [6, 6.07) is 3.13. The van der Waals surface area contributed by atoms with Crippen LogP contribution in [-0.2, 0) is 9.53 Å². The third kappa shape index (κ3) is 5.57. The molecule has 3 fully saturated rings. The lowest BCUT2D eigenvalue weighted by Crippen LogP contribution is -2.51. The van der Waals surface area contributed by atoms with E-state index in [1.165, 1.54) is 6.20 Å². The van der Waals surface area contributed by atoms with Crippen LogP contribution in [0.1, 0.15) is 37.6 Å². The van der Waals surface area contributed by atoms with Crippen LogP contribution in [0.4, 0.5) is 10.6 Å². The Bertz CT molecular complexity index is 907. The lowest BCUT2D eigenvalue weighted by Gasteiger charge is -2.38. The quantitative estimate of drug-likeness (QED) is 0.670. The lowest BCUT2D eigenvalue weighted by molar-refractivity contribution is -0.134. The zero-order valence-corrected chi connectivity index (χ0v) is 20.9. The van der Waals surface area contributed by atoms with Gasteiger partial charge in [0.15, 0.2) is 0 Å². The van der Waals surface area contributed by atoms with E-state index in [-0.39, 0.29) is 11.9 Å². The highest BCUT2D eigenvalue weighted by atomic mass is 32.2. The Kier molecular flexibility index (Phi) is 7.22. The normalized spacial score (nSPS) is 23.9. The Morgan fingerprint density at radius 3 is 2.41 bits per heavy atom. The maximum atomic E-state index is 13.3. The highest BCUT2D eigenvalue weighted by Gasteiger charge is 2.45. The predicted octanol–water partition coefficient (Wildman–Crippen LogP) is 1.21. The smallest absolute Gasteiger partial charge is 0.411 e. The van der Waals surface area contributed by atoms with E-state index in [1.807, 2.05) is 31.7 Å². The van der Waals surface area contributed by atoms with E-state index in [1.54, 1.807) is 22.7 Å². The van der Waals surface area contributed by atoms with Gasteiger partial charge in [-0.2, -0.15) is 0 Å². The van der Waals surface area contributed by atoms with Crippen LogP contribution in [0.5, 0.6) is 0 Å². The maximum Gasteiger partial charge on any atom is 0.411 e. The minimum Gasteiger partial charge on any atom is -0.444 e. The summed E-state index contributed by atoms with van der Waals surface area (Å²) in [5.41, 5.74) is 5.08. The van der Waals surface area contributed by atoms with Crippen LogP contribution in [0.2, 0.25) is 0 Å². The first-order valence-electron chi connectivity index (χ1n) is 11.7. The fourth-order valence-electron chi connectivity index (χ4n) is 4.67. The first kappa shape index (κ1) is 24.6. The third-order valence-corrected chi connectivity index (χ3v) is 7.41. The number of pyridine rings is 1. The predicted molar refractivity (Wildman–Crippen MR) is 131 cm³/mol. The molecule has 186 valence electrons. The van der Waals surface area contributed by atoms with Crippen LogP contribution in [0.15, 0.2) is 18.3 Å². The number of carbonyl (C=O) groups is 3. The van der Waals surface area contributed by atoms with Crippen LogP contribution in [0.25, 0.3) is 0 Å². The van der Waals surface area contributed by atoms with Crippen molar-refractivity contribution in [2.45, 2.75) is 44.9 Å². The van der Waals surface area contributed by atoms with Crippen molar-refractivity contribution in [2.24, 2.45) is 5.73 Å².